The summed E-state index contributed by atoms with van der Waals surface area (Å²) >= 11 is 0. The molecule has 0 radical (unpaired) electrons. The number of hydrogen-bond donors (Lipinski definition) is 1. The first-order chi connectivity index (χ1) is 17.8. The second-order valence-corrected chi connectivity index (χ2v) is 9.24. The van der Waals surface area contributed by atoms with E-state index in [1.54, 1.807) is 56.7 Å². The summed E-state index contributed by atoms with van der Waals surface area (Å²) in [7, 11) is 3.13. The van der Waals surface area contributed by atoms with Gasteiger partial charge in [-0.05, 0) is 55.5 Å². The van der Waals surface area contributed by atoms with E-state index in [0.29, 0.717) is 60.5 Å². The van der Waals surface area contributed by atoms with Crippen LogP contribution in [0.5, 0.6) is 17.2 Å². The van der Waals surface area contributed by atoms with Gasteiger partial charge in [-0.15, -0.1) is 0 Å². The number of benzene rings is 2. The van der Waals surface area contributed by atoms with Crippen molar-refractivity contribution in [2.24, 2.45) is 5.92 Å². The molecule has 8 heteroatoms. The van der Waals surface area contributed by atoms with E-state index in [4.69, 9.17) is 18.9 Å². The maximum Gasteiger partial charge on any atom is 0.295 e. The number of amides is 1. The Morgan fingerprint density at radius 1 is 1.03 bits per heavy atom. The molecule has 1 unspecified atom stereocenters. The van der Waals surface area contributed by atoms with Crippen molar-refractivity contribution >= 4 is 17.4 Å². The topological polar surface area (TPSA) is 94.5 Å². The van der Waals surface area contributed by atoms with Gasteiger partial charge >= 0.3 is 0 Å². The summed E-state index contributed by atoms with van der Waals surface area (Å²) in [6.45, 7) is 7.83. The Hall–Kier alpha value is -3.52. The molecular weight excluding hydrogens is 474 g/mol. The Kier molecular flexibility index (Phi) is 9.97. The lowest BCUT2D eigenvalue weighted by atomic mass is 9.95. The number of rotatable bonds is 13. The van der Waals surface area contributed by atoms with Crippen molar-refractivity contribution in [3.8, 4) is 17.2 Å². The maximum atomic E-state index is 13.3. The van der Waals surface area contributed by atoms with E-state index in [2.05, 4.69) is 13.8 Å². The van der Waals surface area contributed by atoms with Crippen LogP contribution in [0.2, 0.25) is 0 Å². The minimum Gasteiger partial charge on any atom is -0.507 e. The van der Waals surface area contributed by atoms with Crippen molar-refractivity contribution in [3.63, 3.8) is 0 Å². The second kappa shape index (κ2) is 13.1. The summed E-state index contributed by atoms with van der Waals surface area (Å²) < 4.78 is 22.2. The molecule has 0 saturated carbocycles. The number of nitrogens with zero attached hydrogens (tertiary/aromatic N) is 1. The molecule has 1 aliphatic rings. The van der Waals surface area contributed by atoms with Gasteiger partial charge < -0.3 is 29.0 Å². The number of ether oxygens (including phenoxy) is 4. The Bertz CT molecular complexity index is 1120. The van der Waals surface area contributed by atoms with E-state index in [-0.39, 0.29) is 17.9 Å². The molecule has 200 valence electrons. The Morgan fingerprint density at radius 2 is 1.81 bits per heavy atom. The van der Waals surface area contributed by atoms with Crippen molar-refractivity contribution in [1.29, 1.82) is 0 Å². The Balaban J connectivity index is 2.08. The van der Waals surface area contributed by atoms with Gasteiger partial charge in [-0.2, -0.15) is 0 Å². The van der Waals surface area contributed by atoms with Gasteiger partial charge in [0.25, 0.3) is 11.7 Å². The summed E-state index contributed by atoms with van der Waals surface area (Å²) in [6.07, 6.45) is 1.43. The van der Waals surface area contributed by atoms with Crippen molar-refractivity contribution in [1.82, 2.24) is 4.90 Å². The smallest absolute Gasteiger partial charge is 0.295 e. The number of hydrogen-bond acceptors (Lipinski definition) is 7. The van der Waals surface area contributed by atoms with Gasteiger partial charge in [0.2, 0.25) is 0 Å². The van der Waals surface area contributed by atoms with Crippen molar-refractivity contribution in [3.05, 3.63) is 59.2 Å². The minimum absolute atomic E-state index is 0.0200. The van der Waals surface area contributed by atoms with Crippen LogP contribution < -0.4 is 14.2 Å². The fraction of sp³-hybridized carbons (Fsp3) is 0.448. The summed E-state index contributed by atoms with van der Waals surface area (Å²) in [6, 6.07) is 11.4. The third-order valence-electron chi connectivity index (χ3n) is 6.16. The molecule has 0 spiro atoms. The predicted molar refractivity (Wildman–Crippen MR) is 141 cm³/mol. The summed E-state index contributed by atoms with van der Waals surface area (Å²) in [4.78, 5) is 27.9. The average molecular weight is 512 g/mol. The molecule has 1 heterocycles. The molecule has 1 aliphatic heterocycles. The third-order valence-corrected chi connectivity index (χ3v) is 6.16. The van der Waals surface area contributed by atoms with Crippen LogP contribution in [0, 0.1) is 5.92 Å². The first-order valence-corrected chi connectivity index (χ1v) is 12.6. The molecule has 1 atom stereocenters. The molecule has 2 aromatic rings. The van der Waals surface area contributed by atoms with Gasteiger partial charge in [0.1, 0.15) is 11.5 Å². The average Bonchev–Trinajstić information content (AvgIpc) is 3.13. The molecule has 0 aliphatic carbocycles. The quantitative estimate of drug-likeness (QED) is 0.175. The van der Waals surface area contributed by atoms with Crippen LogP contribution in [0.4, 0.5) is 0 Å². The van der Waals surface area contributed by atoms with Gasteiger partial charge in [-0.1, -0.05) is 32.0 Å². The molecule has 3 rings (SSSR count). The zero-order valence-corrected chi connectivity index (χ0v) is 22.3. The molecule has 2 aromatic carbocycles. The number of carbonyl (C=O) groups is 2. The van der Waals surface area contributed by atoms with E-state index >= 15 is 0 Å². The van der Waals surface area contributed by atoms with Crippen LogP contribution in [0.3, 0.4) is 0 Å². The zero-order valence-electron chi connectivity index (χ0n) is 22.3. The molecule has 0 aromatic heterocycles. The molecule has 8 nitrogen and oxygen atoms in total. The maximum absolute atomic E-state index is 13.3. The summed E-state index contributed by atoms with van der Waals surface area (Å²) in [5.74, 6) is 0.461. The summed E-state index contributed by atoms with van der Waals surface area (Å²) in [5.41, 5.74) is 1.05. The fourth-order valence-electron chi connectivity index (χ4n) is 4.27. The van der Waals surface area contributed by atoms with Gasteiger partial charge in [0.05, 0.1) is 31.9 Å². The first-order valence-electron chi connectivity index (χ1n) is 12.6. The van der Waals surface area contributed by atoms with Crippen molar-refractivity contribution in [2.75, 3.05) is 40.6 Å². The number of Topliss-reactive ketones (excluding diaryl/α,β-unsaturated/α-hetero) is 1. The summed E-state index contributed by atoms with van der Waals surface area (Å²) in [5, 5.41) is 11.3. The number of ketones is 1. The van der Waals surface area contributed by atoms with Gasteiger partial charge in [0.15, 0.2) is 11.5 Å². The van der Waals surface area contributed by atoms with E-state index in [9.17, 15) is 14.7 Å². The lowest BCUT2D eigenvalue weighted by molar-refractivity contribution is -0.140. The minimum atomic E-state index is -0.800. The van der Waals surface area contributed by atoms with E-state index in [1.807, 2.05) is 6.92 Å². The standard InChI is InChI=1S/C29H37NO7/c1-6-36-22-10-7-9-21(17-22)27(31)25-26(30(14-8-15-34-4)29(33)28(25)32)20-11-12-23(24(18-20)35-5)37-16-13-19(2)3/h7,9-12,17-19,26,31H,6,8,13-16H2,1-5H3/b27-25+. The van der Waals surface area contributed by atoms with Crippen LogP contribution in [0.25, 0.3) is 5.76 Å². The lowest BCUT2D eigenvalue weighted by Crippen LogP contribution is -2.31. The zero-order chi connectivity index (χ0) is 26.9. The fourth-order valence-corrected chi connectivity index (χ4v) is 4.27. The highest BCUT2D eigenvalue weighted by molar-refractivity contribution is 6.46. The van der Waals surface area contributed by atoms with Crippen LogP contribution in [-0.2, 0) is 14.3 Å². The molecule has 37 heavy (non-hydrogen) atoms. The highest BCUT2D eigenvalue weighted by atomic mass is 16.5. The van der Waals surface area contributed by atoms with Crippen molar-refractivity contribution in [2.45, 2.75) is 39.7 Å². The molecular formula is C29H37NO7. The highest BCUT2D eigenvalue weighted by Gasteiger charge is 2.46. The lowest BCUT2D eigenvalue weighted by Gasteiger charge is -2.26. The van der Waals surface area contributed by atoms with Gasteiger partial charge in [-0.25, -0.2) is 0 Å². The van der Waals surface area contributed by atoms with Crippen LogP contribution in [0.1, 0.15) is 50.8 Å². The normalized spacial score (nSPS) is 16.9. The van der Waals surface area contributed by atoms with Crippen LogP contribution >= 0.6 is 0 Å². The van der Waals surface area contributed by atoms with Gasteiger partial charge in [0, 0.05) is 25.8 Å². The van der Waals surface area contributed by atoms with E-state index < -0.39 is 17.7 Å². The molecule has 1 amide bonds. The van der Waals surface area contributed by atoms with Crippen LogP contribution in [-0.4, -0.2) is 62.3 Å². The molecule has 1 fully saturated rings. The van der Waals surface area contributed by atoms with Crippen LogP contribution in [0.15, 0.2) is 48.0 Å². The Labute approximate surface area is 218 Å². The molecule has 1 N–H and O–H groups in total. The third kappa shape index (κ3) is 6.63. The number of likely N-dealkylation sites (tertiary alicyclic amines) is 1. The predicted octanol–water partition coefficient (Wildman–Crippen LogP) is 4.98. The number of methoxy groups -OCH3 is 2. The molecule has 0 bridgehead atoms. The van der Waals surface area contributed by atoms with Gasteiger partial charge in [-0.3, -0.25) is 9.59 Å². The van der Waals surface area contributed by atoms with E-state index in [0.717, 1.165) is 6.42 Å². The highest BCUT2D eigenvalue weighted by Crippen LogP contribution is 2.42. The van der Waals surface area contributed by atoms with E-state index in [1.165, 1.54) is 4.90 Å². The first kappa shape index (κ1) is 28.1. The van der Waals surface area contributed by atoms with Crippen molar-refractivity contribution < 1.29 is 33.6 Å². The Morgan fingerprint density at radius 3 is 2.49 bits per heavy atom. The SMILES string of the molecule is CCOc1cccc(/C(O)=C2\C(=O)C(=O)N(CCCOC)C2c2ccc(OCCC(C)C)c(OC)c2)c1. The largest absolute Gasteiger partial charge is 0.507 e. The second-order valence-electron chi connectivity index (χ2n) is 9.24. The number of aliphatic hydroxyl groups excluding tert-OH is 1. The number of carbonyl (C=O) groups excluding carboxylic acids is 2. The number of aliphatic hydroxyl groups is 1. The monoisotopic (exact) mass is 511 g/mol. The molecule has 1 saturated heterocycles.